The maximum absolute atomic E-state index is 11.9. The Labute approximate surface area is 349 Å². The molecule has 0 aliphatic rings. The lowest BCUT2D eigenvalue weighted by Crippen LogP contribution is -2.47. The molecule has 59 heavy (non-hydrogen) atoms. The highest BCUT2D eigenvalue weighted by molar-refractivity contribution is 6.02. The van der Waals surface area contributed by atoms with Crippen LogP contribution in [0.1, 0.15) is 123 Å². The lowest BCUT2D eigenvalue weighted by molar-refractivity contribution is -0.119. The average molecular weight is 847 g/mol. The molecule has 22 heteroatoms. The van der Waals surface area contributed by atoms with Crippen molar-refractivity contribution in [2.24, 2.45) is 32.2 Å². The molecule has 0 fully saturated rings. The predicted molar refractivity (Wildman–Crippen MR) is 228 cm³/mol. The van der Waals surface area contributed by atoms with E-state index < -0.39 is 46.8 Å². The van der Waals surface area contributed by atoms with Gasteiger partial charge in [-0.25, -0.2) is 19.2 Å². The number of carbonyl (C=O) groups excluding carboxylic acids is 6. The fourth-order valence-electron chi connectivity index (χ4n) is 3.38. The second-order valence-corrected chi connectivity index (χ2v) is 16.4. The number of nitrogens with zero attached hydrogens (tertiary/aromatic N) is 3. The summed E-state index contributed by atoms with van der Waals surface area (Å²) in [7, 11) is 0. The standard InChI is InChI=1S/C17H32N4O5.C15H30N4O4.C5H12N4O/c1-12(22)18-10-8-9-11-19-13(20-14(23)25-16(2,3)4)21-15(24)26-17(5,6)7;1-14(2,3)22-12(20)18-11(17-10-8-7-9-16)19-13(21)23-15(4,5)6;1-4(10)8-2-3-9-5(6)7/h8-11H2,1-7H3,(H,18,22)(H2,19,20,21,23,24);7-10,16H2,1-6H3,(H2,17,18,19,20,21);2-3H2,1H3,(H,8,10)(H4,6,7,9). The summed E-state index contributed by atoms with van der Waals surface area (Å²) in [4.78, 5) is 80.4. The van der Waals surface area contributed by atoms with Crippen LogP contribution >= 0.6 is 0 Å². The summed E-state index contributed by atoms with van der Waals surface area (Å²) < 4.78 is 20.6. The Morgan fingerprint density at radius 2 is 0.763 bits per heavy atom. The summed E-state index contributed by atoms with van der Waals surface area (Å²) in [6, 6.07) is 0. The zero-order valence-electron chi connectivity index (χ0n) is 37.7. The van der Waals surface area contributed by atoms with E-state index in [1.807, 2.05) is 0 Å². The van der Waals surface area contributed by atoms with Crippen molar-refractivity contribution in [3.8, 4) is 0 Å². The van der Waals surface area contributed by atoms with Crippen molar-refractivity contribution in [2.45, 2.75) is 145 Å². The van der Waals surface area contributed by atoms with Crippen LogP contribution in [-0.4, -0.2) is 116 Å². The van der Waals surface area contributed by atoms with Crippen molar-refractivity contribution in [3.05, 3.63) is 0 Å². The Balaban J connectivity index is -0.000000869. The predicted octanol–water partition coefficient (Wildman–Crippen LogP) is 2.83. The summed E-state index contributed by atoms with van der Waals surface area (Å²) in [5, 5.41) is 14.9. The molecule has 6 amide bonds. The lowest BCUT2D eigenvalue weighted by Gasteiger charge is -2.22. The van der Waals surface area contributed by atoms with Crippen molar-refractivity contribution in [3.63, 3.8) is 0 Å². The molecule has 0 unspecified atom stereocenters. The van der Waals surface area contributed by atoms with Crippen LogP contribution in [0.5, 0.6) is 0 Å². The number of ether oxygens (including phenoxy) is 4. The largest absolute Gasteiger partial charge is 0.444 e. The van der Waals surface area contributed by atoms with Crippen LogP contribution in [0.25, 0.3) is 0 Å². The van der Waals surface area contributed by atoms with E-state index in [4.69, 9.17) is 36.1 Å². The molecule has 0 saturated carbocycles. The van der Waals surface area contributed by atoms with Gasteiger partial charge in [-0.15, -0.1) is 0 Å². The third-order valence-electron chi connectivity index (χ3n) is 5.37. The minimum absolute atomic E-state index is 0.00878. The smallest absolute Gasteiger partial charge is 0.414 e. The minimum atomic E-state index is -0.731. The number of nitrogens with two attached hydrogens (primary N) is 3. The molecule has 0 atom stereocenters. The van der Waals surface area contributed by atoms with E-state index in [9.17, 15) is 28.8 Å². The van der Waals surface area contributed by atoms with Gasteiger partial charge in [-0.05, 0) is 115 Å². The molecule has 0 saturated heterocycles. The second kappa shape index (κ2) is 29.8. The number of alkyl carbamates (subject to hydrolysis) is 4. The van der Waals surface area contributed by atoms with Crippen LogP contribution < -0.4 is 49.1 Å². The lowest BCUT2D eigenvalue weighted by atomic mass is 10.2. The van der Waals surface area contributed by atoms with Gasteiger partial charge in [0.2, 0.25) is 23.7 Å². The first-order valence-corrected chi connectivity index (χ1v) is 19.2. The number of unbranched alkanes of at least 4 members (excludes halogenated alkanes) is 2. The van der Waals surface area contributed by atoms with E-state index in [0.29, 0.717) is 45.7 Å². The third-order valence-corrected chi connectivity index (χ3v) is 5.37. The van der Waals surface area contributed by atoms with Gasteiger partial charge < -0.3 is 46.8 Å². The Morgan fingerprint density at radius 1 is 0.458 bits per heavy atom. The summed E-state index contributed by atoms with van der Waals surface area (Å²) in [5.41, 5.74) is 12.8. The van der Waals surface area contributed by atoms with Gasteiger partial charge in [-0.3, -0.25) is 45.8 Å². The van der Waals surface area contributed by atoms with Gasteiger partial charge in [-0.2, -0.15) is 0 Å². The van der Waals surface area contributed by atoms with Crippen molar-refractivity contribution in [2.75, 3.05) is 39.3 Å². The number of rotatable bonds is 12. The first-order valence-electron chi connectivity index (χ1n) is 19.2. The van der Waals surface area contributed by atoms with Gasteiger partial charge >= 0.3 is 24.4 Å². The first-order chi connectivity index (χ1) is 26.8. The van der Waals surface area contributed by atoms with E-state index >= 15 is 0 Å². The van der Waals surface area contributed by atoms with Gasteiger partial charge in [-0.1, -0.05) is 0 Å². The van der Waals surface area contributed by atoms with E-state index in [0.717, 1.165) is 19.3 Å². The van der Waals surface area contributed by atoms with Crippen LogP contribution in [-0.2, 0) is 28.5 Å². The van der Waals surface area contributed by atoms with Crippen LogP contribution in [0.4, 0.5) is 19.2 Å². The van der Waals surface area contributed by atoms with Gasteiger partial charge in [0.15, 0.2) is 5.96 Å². The molecule has 0 aromatic rings. The monoisotopic (exact) mass is 847 g/mol. The third kappa shape index (κ3) is 48.7. The molecule has 0 aliphatic heterocycles. The number of nitrogens with one attached hydrogen (secondary N) is 6. The molecule has 0 aliphatic carbocycles. The molecule has 0 spiro atoms. The number of hydrogen-bond donors (Lipinski definition) is 9. The number of carbonyl (C=O) groups is 6. The molecule has 0 radical (unpaired) electrons. The molecule has 0 aromatic heterocycles. The van der Waals surface area contributed by atoms with E-state index in [2.05, 4.69) is 46.9 Å². The summed E-state index contributed by atoms with van der Waals surface area (Å²) in [6.07, 6.45) is 0.0560. The van der Waals surface area contributed by atoms with Gasteiger partial charge in [0.1, 0.15) is 22.4 Å². The van der Waals surface area contributed by atoms with Crippen molar-refractivity contribution >= 4 is 54.1 Å². The highest BCUT2D eigenvalue weighted by Gasteiger charge is 2.22. The van der Waals surface area contributed by atoms with Gasteiger partial charge in [0.25, 0.3) is 0 Å². The Hall–Kier alpha value is -5.41. The molecular weight excluding hydrogens is 772 g/mol. The van der Waals surface area contributed by atoms with E-state index in [1.165, 1.54) is 13.8 Å². The SMILES string of the molecule is CC(=O)NCCCCN=C(NC(=O)OC(C)(C)C)NC(=O)OC(C)(C)C.CC(=O)NCCN=C(N)N.CC(C)(C)OC(=O)NC(=NCCCCN)NC(=O)OC(C)(C)C. The Morgan fingerprint density at radius 3 is 1.03 bits per heavy atom. The van der Waals surface area contributed by atoms with Crippen LogP contribution in [0.3, 0.4) is 0 Å². The van der Waals surface area contributed by atoms with Crippen LogP contribution in [0.15, 0.2) is 15.0 Å². The van der Waals surface area contributed by atoms with Gasteiger partial charge in [0.05, 0.1) is 6.54 Å². The highest BCUT2D eigenvalue weighted by Crippen LogP contribution is 2.09. The van der Waals surface area contributed by atoms with Crippen molar-refractivity contribution < 1.29 is 47.7 Å². The fourth-order valence-corrected chi connectivity index (χ4v) is 3.38. The molecule has 12 N–H and O–H groups in total. The quantitative estimate of drug-likeness (QED) is 0.0591. The first kappa shape index (κ1) is 57.9. The summed E-state index contributed by atoms with van der Waals surface area (Å²) in [6.45, 7) is 26.5. The number of aliphatic imine (C=N–C) groups is 3. The van der Waals surface area contributed by atoms with E-state index in [-0.39, 0.29) is 29.7 Å². The topological polar surface area (TPSA) is 327 Å². The molecule has 22 nitrogen and oxygen atoms in total. The van der Waals surface area contributed by atoms with Crippen molar-refractivity contribution in [1.82, 2.24) is 31.9 Å². The molecule has 0 heterocycles. The van der Waals surface area contributed by atoms with E-state index in [1.54, 1.807) is 83.1 Å². The summed E-state index contributed by atoms with van der Waals surface area (Å²) >= 11 is 0. The Bertz CT molecular complexity index is 1320. The molecule has 0 rings (SSSR count). The molecular formula is C37H74N12O10. The number of amides is 6. The van der Waals surface area contributed by atoms with Gasteiger partial charge in [0, 0.05) is 40.0 Å². The molecule has 342 valence electrons. The van der Waals surface area contributed by atoms with Crippen molar-refractivity contribution in [1.29, 1.82) is 0 Å². The summed E-state index contributed by atoms with van der Waals surface area (Å²) in [5.74, 6) is -0.179. The zero-order valence-corrected chi connectivity index (χ0v) is 37.7. The number of hydrogen-bond acceptors (Lipinski definition) is 14. The Kier molecular flexibility index (Phi) is 29.2. The second-order valence-electron chi connectivity index (χ2n) is 16.4. The fraction of sp³-hybridized carbons (Fsp3) is 0.757. The normalized spacial score (nSPS) is 10.8. The highest BCUT2D eigenvalue weighted by atomic mass is 16.6. The van der Waals surface area contributed by atoms with Crippen LogP contribution in [0, 0.1) is 0 Å². The van der Waals surface area contributed by atoms with Crippen LogP contribution in [0.2, 0.25) is 0 Å². The zero-order chi connectivity index (χ0) is 46.5. The number of guanidine groups is 3. The maximum Gasteiger partial charge on any atom is 0.414 e. The average Bonchev–Trinajstić information content (AvgIpc) is 2.99. The maximum atomic E-state index is 11.9. The minimum Gasteiger partial charge on any atom is -0.444 e. The molecule has 0 aromatic carbocycles. The molecule has 0 bridgehead atoms.